The first-order valence-corrected chi connectivity index (χ1v) is 9.56. The number of nitrogens with zero attached hydrogens (tertiary/aromatic N) is 3. The molecule has 0 atom stereocenters. The molecule has 2 N–H and O–H groups in total. The number of carbonyl (C=O) groups is 2. The molecule has 2 aromatic carbocycles. The van der Waals surface area contributed by atoms with Gasteiger partial charge in [-0.05, 0) is 23.6 Å². The van der Waals surface area contributed by atoms with Gasteiger partial charge < -0.3 is 4.98 Å². The number of Topliss-reactive ketones (excluding diaryl/α,β-unsaturated/α-hetero) is 1. The smallest absolute Gasteiger partial charge is 0.276 e. The third-order valence-corrected chi connectivity index (χ3v) is 4.99. The van der Waals surface area contributed by atoms with Crippen molar-refractivity contribution < 1.29 is 9.59 Å². The number of amides is 1. The molecule has 5 rings (SSSR count). The molecule has 0 bridgehead atoms. The van der Waals surface area contributed by atoms with E-state index in [4.69, 9.17) is 0 Å². The van der Waals surface area contributed by atoms with E-state index in [9.17, 15) is 9.59 Å². The highest BCUT2D eigenvalue weighted by Crippen LogP contribution is 2.22. The van der Waals surface area contributed by atoms with E-state index in [1.165, 1.54) is 0 Å². The first kappa shape index (κ1) is 17.9. The number of hydrogen-bond donors (Lipinski definition) is 2. The van der Waals surface area contributed by atoms with Crippen LogP contribution >= 0.6 is 0 Å². The number of ketones is 1. The van der Waals surface area contributed by atoms with E-state index in [1.807, 2.05) is 36.4 Å². The fraction of sp³-hybridized carbons (Fsp3) is 0.0870. The number of allylic oxidation sites excluding steroid dienone is 1. The van der Waals surface area contributed by atoms with Crippen molar-refractivity contribution in [3.8, 4) is 0 Å². The molecule has 0 radical (unpaired) electrons. The summed E-state index contributed by atoms with van der Waals surface area (Å²) in [5.74, 6) is -0.159. The summed E-state index contributed by atoms with van der Waals surface area (Å²) in [5, 5.41) is 4.63. The first-order valence-electron chi connectivity index (χ1n) is 9.56. The van der Waals surface area contributed by atoms with Crippen molar-refractivity contribution in [3.63, 3.8) is 0 Å². The van der Waals surface area contributed by atoms with Crippen molar-refractivity contribution in [2.24, 2.45) is 4.99 Å². The first-order chi connectivity index (χ1) is 14.7. The second-order valence-electron chi connectivity index (χ2n) is 7.04. The summed E-state index contributed by atoms with van der Waals surface area (Å²) >= 11 is 0. The lowest BCUT2D eigenvalue weighted by Gasteiger charge is -2.03. The SMILES string of the molecule is O=C(Nc1nc2c(C(=O)CC3=NC=CC3)cccc2[nH]1)c1cc2ccccc2cn1. The monoisotopic (exact) mass is 395 g/mol. The Labute approximate surface area is 171 Å². The lowest BCUT2D eigenvalue weighted by atomic mass is 10.0. The van der Waals surface area contributed by atoms with Crippen molar-refractivity contribution in [1.29, 1.82) is 0 Å². The number of aromatic amines is 1. The summed E-state index contributed by atoms with van der Waals surface area (Å²) < 4.78 is 0. The van der Waals surface area contributed by atoms with E-state index in [1.54, 1.807) is 30.6 Å². The van der Waals surface area contributed by atoms with E-state index in [0.29, 0.717) is 23.0 Å². The molecule has 4 aromatic rings. The summed E-state index contributed by atoms with van der Waals surface area (Å²) in [4.78, 5) is 41.3. The standard InChI is InChI=1S/C23H17N5O2/c29-20(12-16-7-4-10-24-16)17-8-3-9-18-21(17)27-23(26-18)28-22(30)19-11-14-5-1-2-6-15(14)13-25-19/h1-6,8-11,13H,7,12H2,(H2,26,27,28,30). The Hall–Kier alpha value is -4.13. The third kappa shape index (κ3) is 3.37. The fourth-order valence-electron chi connectivity index (χ4n) is 3.49. The van der Waals surface area contributed by atoms with Gasteiger partial charge in [0.05, 0.1) is 5.52 Å². The zero-order valence-electron chi connectivity index (χ0n) is 15.9. The number of imidazole rings is 1. The summed E-state index contributed by atoms with van der Waals surface area (Å²) in [6.45, 7) is 0. The number of rotatable bonds is 5. The molecule has 0 saturated carbocycles. The second kappa shape index (κ2) is 7.36. The van der Waals surface area contributed by atoms with Crippen LogP contribution in [0.2, 0.25) is 0 Å². The molecule has 0 spiro atoms. The van der Waals surface area contributed by atoms with Gasteiger partial charge in [0.2, 0.25) is 5.95 Å². The number of nitrogens with one attached hydrogen (secondary N) is 2. The van der Waals surface area contributed by atoms with Crippen LogP contribution in [0.3, 0.4) is 0 Å². The van der Waals surface area contributed by atoms with Gasteiger partial charge in [0.15, 0.2) is 5.78 Å². The molecule has 1 amide bonds. The predicted molar refractivity (Wildman–Crippen MR) is 116 cm³/mol. The highest BCUT2D eigenvalue weighted by atomic mass is 16.2. The van der Waals surface area contributed by atoms with Crippen LogP contribution in [0.25, 0.3) is 21.8 Å². The quantitative estimate of drug-likeness (QED) is 0.492. The molecule has 0 saturated heterocycles. The topological polar surface area (TPSA) is 100 Å². The summed E-state index contributed by atoms with van der Waals surface area (Å²) in [7, 11) is 0. The number of benzene rings is 2. The Morgan fingerprint density at radius 2 is 1.93 bits per heavy atom. The minimum absolute atomic E-state index is 0.0522. The molecule has 1 aliphatic rings. The van der Waals surface area contributed by atoms with Crippen LogP contribution in [-0.2, 0) is 0 Å². The molecule has 3 heterocycles. The van der Waals surface area contributed by atoms with Gasteiger partial charge in [0.25, 0.3) is 5.91 Å². The highest BCUT2D eigenvalue weighted by Gasteiger charge is 2.17. The van der Waals surface area contributed by atoms with Gasteiger partial charge in [-0.25, -0.2) is 4.98 Å². The normalized spacial score (nSPS) is 13.0. The molecule has 30 heavy (non-hydrogen) atoms. The van der Waals surface area contributed by atoms with Crippen LogP contribution < -0.4 is 5.32 Å². The molecular formula is C23H17N5O2. The zero-order chi connectivity index (χ0) is 20.5. The summed E-state index contributed by atoms with van der Waals surface area (Å²) in [6, 6.07) is 14.8. The van der Waals surface area contributed by atoms with Crippen molar-refractivity contribution >= 4 is 45.2 Å². The Morgan fingerprint density at radius 3 is 2.77 bits per heavy atom. The number of carbonyl (C=O) groups excluding carboxylic acids is 2. The lowest BCUT2D eigenvalue weighted by molar-refractivity contribution is 0.0998. The van der Waals surface area contributed by atoms with Gasteiger partial charge in [-0.3, -0.25) is 24.9 Å². The number of aromatic nitrogens is 3. The van der Waals surface area contributed by atoms with E-state index in [-0.39, 0.29) is 29.8 Å². The van der Waals surface area contributed by atoms with Crippen LogP contribution in [0.1, 0.15) is 33.7 Å². The average molecular weight is 395 g/mol. The Bertz CT molecular complexity index is 1370. The van der Waals surface area contributed by atoms with Gasteiger partial charge in [-0.1, -0.05) is 36.4 Å². The number of aliphatic imine (C=N–C) groups is 1. The number of fused-ring (bicyclic) bond motifs is 2. The molecule has 2 aromatic heterocycles. The second-order valence-corrected chi connectivity index (χ2v) is 7.04. The molecule has 0 unspecified atom stereocenters. The summed E-state index contributed by atoms with van der Waals surface area (Å²) in [6.07, 6.45) is 6.25. The van der Waals surface area contributed by atoms with E-state index in [0.717, 1.165) is 16.5 Å². The molecule has 0 aliphatic carbocycles. The van der Waals surface area contributed by atoms with E-state index < -0.39 is 0 Å². The Balaban J connectivity index is 1.40. The maximum Gasteiger partial charge on any atom is 0.276 e. The van der Waals surface area contributed by atoms with Gasteiger partial charge in [0.1, 0.15) is 11.2 Å². The maximum atomic E-state index is 12.7. The molecule has 1 aliphatic heterocycles. The molecule has 7 heteroatoms. The van der Waals surface area contributed by atoms with Gasteiger partial charge in [-0.2, -0.15) is 0 Å². The summed E-state index contributed by atoms with van der Waals surface area (Å²) in [5.41, 5.74) is 2.83. The molecule has 146 valence electrons. The average Bonchev–Trinajstić information content (AvgIpc) is 3.42. The number of anilines is 1. The van der Waals surface area contributed by atoms with Gasteiger partial charge in [-0.15, -0.1) is 0 Å². The minimum Gasteiger partial charge on any atom is -0.324 e. The molecule has 0 fully saturated rings. The van der Waals surface area contributed by atoms with Gasteiger partial charge in [0, 0.05) is 41.9 Å². The van der Waals surface area contributed by atoms with Crippen LogP contribution in [0.4, 0.5) is 5.95 Å². The van der Waals surface area contributed by atoms with E-state index in [2.05, 4.69) is 25.3 Å². The lowest BCUT2D eigenvalue weighted by Crippen LogP contribution is -2.14. The number of H-pyrrole nitrogens is 1. The minimum atomic E-state index is -0.376. The van der Waals surface area contributed by atoms with Crippen molar-refractivity contribution in [1.82, 2.24) is 15.0 Å². The van der Waals surface area contributed by atoms with Crippen LogP contribution in [0.15, 0.2) is 72.0 Å². The number of para-hydroxylation sites is 1. The van der Waals surface area contributed by atoms with Crippen molar-refractivity contribution in [2.45, 2.75) is 12.8 Å². The number of hydrogen-bond acceptors (Lipinski definition) is 5. The Kier molecular flexibility index (Phi) is 4.40. The molecular weight excluding hydrogens is 378 g/mol. The van der Waals surface area contributed by atoms with E-state index >= 15 is 0 Å². The fourth-order valence-corrected chi connectivity index (χ4v) is 3.49. The highest BCUT2D eigenvalue weighted by molar-refractivity contribution is 6.15. The van der Waals surface area contributed by atoms with Crippen molar-refractivity contribution in [2.75, 3.05) is 5.32 Å². The Morgan fingerprint density at radius 1 is 1.07 bits per heavy atom. The number of pyridine rings is 1. The predicted octanol–water partition coefficient (Wildman–Crippen LogP) is 4.29. The van der Waals surface area contributed by atoms with Gasteiger partial charge >= 0.3 is 0 Å². The third-order valence-electron chi connectivity index (χ3n) is 4.99. The van der Waals surface area contributed by atoms with Crippen molar-refractivity contribution in [3.05, 3.63) is 78.3 Å². The maximum absolute atomic E-state index is 12.7. The van der Waals surface area contributed by atoms with Crippen LogP contribution in [0, 0.1) is 0 Å². The molecule has 7 nitrogen and oxygen atoms in total. The largest absolute Gasteiger partial charge is 0.324 e. The zero-order valence-corrected chi connectivity index (χ0v) is 15.9. The van der Waals surface area contributed by atoms with Crippen LogP contribution in [-0.4, -0.2) is 32.4 Å². The van der Waals surface area contributed by atoms with Crippen LogP contribution in [0.5, 0.6) is 0 Å².